The summed E-state index contributed by atoms with van der Waals surface area (Å²) in [5.41, 5.74) is 3.32. The van der Waals surface area contributed by atoms with Crippen LogP contribution in [0, 0.1) is 0 Å². The molecule has 2 amide bonds. The van der Waals surface area contributed by atoms with Gasteiger partial charge in [-0.25, -0.2) is 0 Å². The fourth-order valence-electron chi connectivity index (χ4n) is 4.60. The van der Waals surface area contributed by atoms with Crippen molar-refractivity contribution < 1.29 is 19.4 Å². The van der Waals surface area contributed by atoms with E-state index in [9.17, 15) is 9.59 Å². The number of benzene rings is 1. The summed E-state index contributed by atoms with van der Waals surface area (Å²) in [4.78, 5) is 30.0. The maximum Gasteiger partial charge on any atom is 0.281 e. The van der Waals surface area contributed by atoms with Gasteiger partial charge in [-0.3, -0.25) is 9.59 Å². The van der Waals surface area contributed by atoms with Crippen molar-refractivity contribution in [3.63, 3.8) is 0 Å². The van der Waals surface area contributed by atoms with E-state index in [0.717, 1.165) is 57.7 Å². The predicted molar refractivity (Wildman–Crippen MR) is 120 cm³/mol. The molecule has 2 aliphatic rings. The Morgan fingerprint density at radius 3 is 2.33 bits per heavy atom. The highest BCUT2D eigenvalue weighted by atomic mass is 16.2. The fourth-order valence-corrected chi connectivity index (χ4v) is 4.60. The summed E-state index contributed by atoms with van der Waals surface area (Å²) < 4.78 is 0. The Bertz CT molecular complexity index is 753. The summed E-state index contributed by atoms with van der Waals surface area (Å²) in [5, 5.41) is 3.08. The molecule has 0 unspecified atom stereocenters. The van der Waals surface area contributed by atoms with Crippen LogP contribution < -0.4 is 15.1 Å². The van der Waals surface area contributed by atoms with Crippen molar-refractivity contribution in [1.29, 1.82) is 0 Å². The van der Waals surface area contributed by atoms with E-state index >= 15 is 0 Å². The minimum atomic E-state index is 0.0758. The molecule has 0 saturated carbocycles. The van der Waals surface area contributed by atoms with Crippen LogP contribution in [0.15, 0.2) is 36.0 Å². The molecular weight excluding hydrogens is 376 g/mol. The lowest BCUT2D eigenvalue weighted by Gasteiger charge is -2.31. The van der Waals surface area contributed by atoms with E-state index < -0.39 is 0 Å². The van der Waals surface area contributed by atoms with Crippen LogP contribution in [0.3, 0.4) is 0 Å². The molecule has 1 fully saturated rings. The molecule has 3 rings (SSSR count). The molecule has 0 atom stereocenters. The third-order valence-electron chi connectivity index (χ3n) is 6.38. The molecule has 0 bridgehead atoms. The second kappa shape index (κ2) is 11.3. The monoisotopic (exact) mass is 414 g/mol. The molecule has 6 heteroatoms. The number of quaternary nitrogens is 2. The standard InChI is InChI=1S/C24H36N4O2/c1-3-20-10-8-9-13-22(20)25-23(29)18-26-14-16-27(17-15-26)19-24(30)28(4-2)21-11-6-5-7-12-21/h8-11,13H,3-7,12,14-19H2,1-2H3,(H,25,29)/p+2. The quantitative estimate of drug-likeness (QED) is 0.572. The largest absolute Gasteiger partial charge is 0.321 e. The molecule has 6 nitrogen and oxygen atoms in total. The zero-order chi connectivity index (χ0) is 21.3. The van der Waals surface area contributed by atoms with Gasteiger partial charge in [-0.2, -0.15) is 0 Å². The highest BCUT2D eigenvalue weighted by Crippen LogP contribution is 2.20. The number of rotatable bonds is 8. The number of hydrogen-bond acceptors (Lipinski definition) is 2. The number of allylic oxidation sites excluding steroid dienone is 2. The summed E-state index contributed by atoms with van der Waals surface area (Å²) in [6, 6.07) is 8.00. The number of aryl methyl sites for hydroxylation is 1. The van der Waals surface area contributed by atoms with Crippen LogP contribution >= 0.6 is 0 Å². The topological polar surface area (TPSA) is 58.3 Å². The number of carbonyl (C=O) groups is 2. The molecule has 1 aliphatic heterocycles. The smallest absolute Gasteiger partial charge is 0.281 e. The first-order chi connectivity index (χ1) is 14.6. The lowest BCUT2D eigenvalue weighted by molar-refractivity contribution is -1.00. The van der Waals surface area contributed by atoms with Gasteiger partial charge in [0.25, 0.3) is 11.8 Å². The van der Waals surface area contributed by atoms with E-state index in [2.05, 4.69) is 31.3 Å². The molecule has 164 valence electrons. The Morgan fingerprint density at radius 2 is 1.70 bits per heavy atom. The van der Waals surface area contributed by atoms with Crippen molar-refractivity contribution in [1.82, 2.24) is 4.90 Å². The second-order valence-electron chi connectivity index (χ2n) is 8.49. The maximum absolute atomic E-state index is 12.9. The maximum atomic E-state index is 12.9. The van der Waals surface area contributed by atoms with Crippen LogP contribution in [-0.2, 0) is 16.0 Å². The number of nitrogens with zero attached hydrogens (tertiary/aromatic N) is 1. The Labute approximate surface area is 180 Å². The molecule has 1 heterocycles. The van der Waals surface area contributed by atoms with Crippen molar-refractivity contribution in [3.8, 4) is 0 Å². The average Bonchev–Trinajstić information content (AvgIpc) is 2.77. The molecule has 3 N–H and O–H groups in total. The number of anilines is 1. The molecule has 30 heavy (non-hydrogen) atoms. The van der Waals surface area contributed by atoms with Crippen molar-refractivity contribution in [3.05, 3.63) is 41.6 Å². The minimum absolute atomic E-state index is 0.0758. The Morgan fingerprint density at radius 1 is 1.00 bits per heavy atom. The summed E-state index contributed by atoms with van der Waals surface area (Å²) in [7, 11) is 0. The number of nitrogens with one attached hydrogen (secondary N) is 3. The number of hydrogen-bond donors (Lipinski definition) is 3. The molecule has 1 aromatic rings. The van der Waals surface area contributed by atoms with Crippen LogP contribution in [0.2, 0.25) is 0 Å². The lowest BCUT2D eigenvalue weighted by Crippen LogP contribution is -3.28. The second-order valence-corrected chi connectivity index (χ2v) is 8.49. The van der Waals surface area contributed by atoms with E-state index in [0.29, 0.717) is 13.1 Å². The number of carbonyl (C=O) groups excluding carboxylic acids is 2. The van der Waals surface area contributed by atoms with Gasteiger partial charge in [0.05, 0.1) is 0 Å². The van der Waals surface area contributed by atoms with Gasteiger partial charge in [-0.05, 0) is 50.7 Å². The van der Waals surface area contributed by atoms with Gasteiger partial charge in [-0.1, -0.05) is 31.2 Å². The van der Waals surface area contributed by atoms with Crippen LogP contribution in [0.5, 0.6) is 0 Å². The van der Waals surface area contributed by atoms with E-state index in [1.165, 1.54) is 33.9 Å². The van der Waals surface area contributed by atoms with Crippen LogP contribution in [0.1, 0.15) is 45.1 Å². The third-order valence-corrected chi connectivity index (χ3v) is 6.38. The summed E-state index contributed by atoms with van der Waals surface area (Å²) >= 11 is 0. The predicted octanol–water partition coefficient (Wildman–Crippen LogP) is 0.277. The number of amides is 2. The Balaban J connectivity index is 1.43. The molecule has 1 aromatic carbocycles. The first-order valence-corrected chi connectivity index (χ1v) is 11.6. The summed E-state index contributed by atoms with van der Waals surface area (Å²) in [6.45, 7) is 9.73. The van der Waals surface area contributed by atoms with Crippen molar-refractivity contribution in [2.75, 3.05) is 51.1 Å². The lowest BCUT2D eigenvalue weighted by atomic mass is 10.0. The first-order valence-electron chi connectivity index (χ1n) is 11.6. The number of piperazine rings is 1. The van der Waals surface area contributed by atoms with E-state index in [-0.39, 0.29) is 11.8 Å². The zero-order valence-corrected chi connectivity index (χ0v) is 18.6. The molecule has 1 saturated heterocycles. The highest BCUT2D eigenvalue weighted by Gasteiger charge is 2.28. The zero-order valence-electron chi connectivity index (χ0n) is 18.6. The number of para-hydroxylation sites is 1. The Kier molecular flexibility index (Phi) is 8.46. The first kappa shape index (κ1) is 22.5. The third kappa shape index (κ3) is 6.16. The minimum Gasteiger partial charge on any atom is -0.321 e. The SMILES string of the molecule is CCc1ccccc1NC(=O)C[NH+]1CC[NH+](CC(=O)N(CC)C2=CCCCC2)CC1. The summed E-state index contributed by atoms with van der Waals surface area (Å²) in [5.74, 6) is 0.324. The van der Waals surface area contributed by atoms with Gasteiger partial charge in [0, 0.05) is 17.9 Å². The van der Waals surface area contributed by atoms with E-state index in [1.54, 1.807) is 0 Å². The molecular formula is C24H38N4O2+2. The van der Waals surface area contributed by atoms with Gasteiger partial charge in [0.15, 0.2) is 13.1 Å². The molecule has 0 spiro atoms. The van der Waals surface area contributed by atoms with E-state index in [4.69, 9.17) is 0 Å². The normalized spacial score (nSPS) is 21.6. The fraction of sp³-hybridized carbons (Fsp3) is 0.583. The van der Waals surface area contributed by atoms with Crippen molar-refractivity contribution in [2.24, 2.45) is 0 Å². The molecule has 0 radical (unpaired) electrons. The van der Waals surface area contributed by atoms with Crippen molar-refractivity contribution >= 4 is 17.5 Å². The van der Waals surface area contributed by atoms with Gasteiger partial charge in [-0.15, -0.1) is 0 Å². The Hall–Kier alpha value is -2.18. The molecule has 0 aromatic heterocycles. The van der Waals surface area contributed by atoms with Gasteiger partial charge in [0.2, 0.25) is 0 Å². The van der Waals surface area contributed by atoms with Gasteiger partial charge >= 0.3 is 0 Å². The number of likely N-dealkylation sites (N-methyl/N-ethyl adjacent to an activating group) is 1. The van der Waals surface area contributed by atoms with Gasteiger partial charge < -0.3 is 20.0 Å². The van der Waals surface area contributed by atoms with Gasteiger partial charge in [0.1, 0.15) is 26.2 Å². The van der Waals surface area contributed by atoms with Crippen LogP contribution in [0.25, 0.3) is 0 Å². The molecule has 1 aliphatic carbocycles. The van der Waals surface area contributed by atoms with Crippen molar-refractivity contribution in [2.45, 2.75) is 46.0 Å². The highest BCUT2D eigenvalue weighted by molar-refractivity contribution is 5.92. The van der Waals surface area contributed by atoms with Crippen LogP contribution in [0.4, 0.5) is 5.69 Å². The summed E-state index contributed by atoms with van der Waals surface area (Å²) in [6.07, 6.45) is 7.71. The average molecular weight is 415 g/mol. The van der Waals surface area contributed by atoms with E-state index in [1.807, 2.05) is 23.1 Å². The van der Waals surface area contributed by atoms with Crippen LogP contribution in [-0.4, -0.2) is 62.5 Å².